The van der Waals surface area contributed by atoms with Gasteiger partial charge in [0.1, 0.15) is 11.8 Å². The maximum absolute atomic E-state index is 13.3. The summed E-state index contributed by atoms with van der Waals surface area (Å²) in [6.45, 7) is 3.07. The van der Waals surface area contributed by atoms with Crippen molar-refractivity contribution in [1.29, 1.82) is 0 Å². The van der Waals surface area contributed by atoms with Gasteiger partial charge in [0.25, 0.3) is 0 Å². The van der Waals surface area contributed by atoms with Gasteiger partial charge in [0.15, 0.2) is 11.5 Å². The van der Waals surface area contributed by atoms with Crippen LogP contribution in [0.15, 0.2) is 42.5 Å². The van der Waals surface area contributed by atoms with Crippen LogP contribution < -0.4 is 19.5 Å². The molecule has 1 atom stereocenters. The van der Waals surface area contributed by atoms with Gasteiger partial charge in [0.05, 0.1) is 27.8 Å². The number of hydrogen-bond acceptors (Lipinski definition) is 6. The van der Waals surface area contributed by atoms with Crippen LogP contribution in [0.1, 0.15) is 24.5 Å². The third kappa shape index (κ3) is 7.68. The van der Waals surface area contributed by atoms with E-state index in [1.165, 1.54) is 0 Å². The minimum Gasteiger partial charge on any atom is -0.497 e. The van der Waals surface area contributed by atoms with E-state index in [0.29, 0.717) is 37.6 Å². The quantitative estimate of drug-likeness (QED) is 0.465. The molecule has 180 valence electrons. The molecule has 0 aliphatic rings. The molecule has 2 aromatic rings. The molecule has 0 aliphatic heterocycles. The Morgan fingerprint density at radius 1 is 0.909 bits per heavy atom. The van der Waals surface area contributed by atoms with Gasteiger partial charge in [-0.15, -0.1) is 0 Å². The first kappa shape index (κ1) is 26.0. The maximum atomic E-state index is 13.3. The Bertz CT molecular complexity index is 900. The number of methoxy groups -OCH3 is 4. The first-order valence-corrected chi connectivity index (χ1v) is 10.8. The van der Waals surface area contributed by atoms with Crippen molar-refractivity contribution in [3.63, 3.8) is 0 Å². The van der Waals surface area contributed by atoms with Crippen LogP contribution in [0.25, 0.3) is 0 Å². The number of benzene rings is 2. The second-order valence-electron chi connectivity index (χ2n) is 7.55. The molecule has 2 amide bonds. The van der Waals surface area contributed by atoms with Crippen molar-refractivity contribution in [1.82, 2.24) is 10.2 Å². The van der Waals surface area contributed by atoms with Gasteiger partial charge < -0.3 is 29.2 Å². The third-order valence-electron chi connectivity index (χ3n) is 5.31. The zero-order chi connectivity index (χ0) is 24.2. The normalized spacial score (nSPS) is 11.4. The van der Waals surface area contributed by atoms with Crippen molar-refractivity contribution < 1.29 is 28.5 Å². The van der Waals surface area contributed by atoms with Crippen LogP contribution >= 0.6 is 0 Å². The van der Waals surface area contributed by atoms with Gasteiger partial charge in [-0.3, -0.25) is 9.59 Å². The number of ether oxygens (including phenoxy) is 4. The Balaban J connectivity index is 2.20. The molecule has 0 saturated carbocycles. The highest BCUT2D eigenvalue weighted by molar-refractivity contribution is 5.88. The van der Waals surface area contributed by atoms with Crippen molar-refractivity contribution in [3.8, 4) is 17.2 Å². The smallest absolute Gasteiger partial charge is 0.242 e. The lowest BCUT2D eigenvalue weighted by Gasteiger charge is -2.29. The van der Waals surface area contributed by atoms with Gasteiger partial charge in [-0.2, -0.15) is 0 Å². The van der Waals surface area contributed by atoms with Crippen molar-refractivity contribution in [2.24, 2.45) is 0 Å². The molecule has 0 saturated heterocycles. The number of rotatable bonds is 13. The molecule has 2 aromatic carbocycles. The van der Waals surface area contributed by atoms with Crippen LogP contribution in [-0.2, 0) is 27.3 Å². The topological polar surface area (TPSA) is 86.3 Å². The summed E-state index contributed by atoms with van der Waals surface area (Å²) in [7, 11) is 6.33. The van der Waals surface area contributed by atoms with Crippen LogP contribution in [0.2, 0.25) is 0 Å². The molecule has 0 unspecified atom stereocenters. The molecule has 0 heterocycles. The number of amides is 2. The summed E-state index contributed by atoms with van der Waals surface area (Å²) in [5, 5.41) is 2.88. The summed E-state index contributed by atoms with van der Waals surface area (Å²) in [5.41, 5.74) is 1.67. The fourth-order valence-corrected chi connectivity index (χ4v) is 3.35. The fourth-order valence-electron chi connectivity index (χ4n) is 3.35. The van der Waals surface area contributed by atoms with E-state index in [4.69, 9.17) is 18.9 Å². The van der Waals surface area contributed by atoms with E-state index in [9.17, 15) is 9.59 Å². The predicted molar refractivity (Wildman–Crippen MR) is 126 cm³/mol. The molecule has 0 radical (unpaired) electrons. The Morgan fingerprint density at radius 3 is 2.18 bits per heavy atom. The summed E-state index contributed by atoms with van der Waals surface area (Å²) < 4.78 is 20.9. The highest BCUT2D eigenvalue weighted by atomic mass is 16.5. The van der Waals surface area contributed by atoms with E-state index in [2.05, 4.69) is 5.32 Å². The van der Waals surface area contributed by atoms with E-state index in [0.717, 1.165) is 16.9 Å². The lowest BCUT2D eigenvalue weighted by Crippen LogP contribution is -2.48. The van der Waals surface area contributed by atoms with Crippen LogP contribution in [0.3, 0.4) is 0 Å². The van der Waals surface area contributed by atoms with E-state index in [1.54, 1.807) is 52.4 Å². The summed E-state index contributed by atoms with van der Waals surface area (Å²) >= 11 is 0. The van der Waals surface area contributed by atoms with E-state index in [-0.39, 0.29) is 18.2 Å². The van der Waals surface area contributed by atoms with Crippen LogP contribution in [0.4, 0.5) is 0 Å². The molecule has 2 rings (SSSR count). The van der Waals surface area contributed by atoms with E-state index < -0.39 is 6.04 Å². The second-order valence-corrected chi connectivity index (χ2v) is 7.55. The summed E-state index contributed by atoms with van der Waals surface area (Å²) in [5.74, 6) is 1.49. The Kier molecular flexibility index (Phi) is 10.5. The highest BCUT2D eigenvalue weighted by Gasteiger charge is 2.26. The Morgan fingerprint density at radius 2 is 1.58 bits per heavy atom. The Labute approximate surface area is 195 Å². The summed E-state index contributed by atoms with van der Waals surface area (Å²) in [6, 6.07) is 12.2. The van der Waals surface area contributed by atoms with Gasteiger partial charge in [0, 0.05) is 26.8 Å². The van der Waals surface area contributed by atoms with Crippen LogP contribution in [-0.4, -0.2) is 64.3 Å². The number of carbonyl (C=O) groups excluding carboxylic acids is 2. The van der Waals surface area contributed by atoms with Crippen molar-refractivity contribution in [2.45, 2.75) is 32.4 Å². The molecule has 8 nitrogen and oxygen atoms in total. The standard InChI is InChI=1S/C25H34N2O6/c1-18(25(29)26-13-6-14-30-2)27(17-19-7-10-21(31-3)11-8-19)24(28)16-20-9-12-22(32-4)23(15-20)33-5/h7-12,15,18H,6,13-14,16-17H2,1-5H3,(H,26,29)/t18-/m1/s1. The molecule has 0 bridgehead atoms. The van der Waals surface area contributed by atoms with E-state index in [1.807, 2.05) is 30.3 Å². The fraction of sp³-hybridized carbons (Fsp3) is 0.440. The first-order valence-electron chi connectivity index (χ1n) is 10.8. The maximum Gasteiger partial charge on any atom is 0.242 e. The van der Waals surface area contributed by atoms with E-state index >= 15 is 0 Å². The molecule has 0 fully saturated rings. The molecular formula is C25H34N2O6. The average molecular weight is 459 g/mol. The monoisotopic (exact) mass is 458 g/mol. The van der Waals surface area contributed by atoms with Crippen molar-refractivity contribution in [2.75, 3.05) is 41.6 Å². The lowest BCUT2D eigenvalue weighted by molar-refractivity contribution is -0.140. The summed E-state index contributed by atoms with van der Waals surface area (Å²) in [6.07, 6.45) is 0.824. The van der Waals surface area contributed by atoms with Crippen molar-refractivity contribution in [3.05, 3.63) is 53.6 Å². The van der Waals surface area contributed by atoms with Crippen LogP contribution in [0, 0.1) is 0 Å². The van der Waals surface area contributed by atoms with Gasteiger partial charge in [-0.25, -0.2) is 0 Å². The average Bonchev–Trinajstić information content (AvgIpc) is 2.84. The molecule has 33 heavy (non-hydrogen) atoms. The second kappa shape index (κ2) is 13.3. The zero-order valence-electron chi connectivity index (χ0n) is 20.1. The van der Waals surface area contributed by atoms with Crippen LogP contribution in [0.5, 0.6) is 17.2 Å². The van der Waals surface area contributed by atoms with Gasteiger partial charge >= 0.3 is 0 Å². The van der Waals surface area contributed by atoms with Gasteiger partial charge in [0.2, 0.25) is 11.8 Å². The predicted octanol–water partition coefficient (Wildman–Crippen LogP) is 2.82. The SMILES string of the molecule is COCCCNC(=O)[C@@H](C)N(Cc1ccc(OC)cc1)C(=O)Cc1ccc(OC)c(OC)c1. The Hall–Kier alpha value is -3.26. The highest BCUT2D eigenvalue weighted by Crippen LogP contribution is 2.28. The molecule has 0 aromatic heterocycles. The molecule has 0 spiro atoms. The molecular weight excluding hydrogens is 424 g/mol. The minimum absolute atomic E-state index is 0.123. The third-order valence-corrected chi connectivity index (χ3v) is 5.31. The molecule has 0 aliphatic carbocycles. The largest absolute Gasteiger partial charge is 0.497 e. The first-order chi connectivity index (χ1) is 15.9. The van der Waals surface area contributed by atoms with Crippen molar-refractivity contribution >= 4 is 11.8 Å². The lowest BCUT2D eigenvalue weighted by atomic mass is 10.1. The number of nitrogens with one attached hydrogen (secondary N) is 1. The number of hydrogen-bond donors (Lipinski definition) is 1. The van der Waals surface area contributed by atoms with Gasteiger partial charge in [-0.05, 0) is 48.7 Å². The molecule has 8 heteroatoms. The number of carbonyl (C=O) groups is 2. The summed E-state index contributed by atoms with van der Waals surface area (Å²) in [4.78, 5) is 27.7. The minimum atomic E-state index is -0.651. The molecule has 1 N–H and O–H groups in total. The zero-order valence-corrected chi connectivity index (χ0v) is 20.1. The van der Waals surface area contributed by atoms with Gasteiger partial charge in [-0.1, -0.05) is 18.2 Å². The number of nitrogens with zero attached hydrogens (tertiary/aromatic N) is 1.